The van der Waals surface area contributed by atoms with Gasteiger partial charge in [-0.2, -0.15) is 0 Å². The summed E-state index contributed by atoms with van der Waals surface area (Å²) < 4.78 is 0. The molecule has 1 unspecified atom stereocenters. The topological polar surface area (TPSA) is 0 Å². The normalized spacial score (nSPS) is 17.8. The molecule has 0 aliphatic heterocycles. The highest BCUT2D eigenvalue weighted by atomic mass is 14.4. The maximum atomic E-state index is 4.59. The smallest absolute Gasteiger partial charge is 0.0200 e. The Morgan fingerprint density at radius 2 is 1.37 bits per heavy atom. The fourth-order valence-corrected chi connectivity index (χ4v) is 4.38. The summed E-state index contributed by atoms with van der Waals surface area (Å²) in [5.74, 6) is 0.420. The number of rotatable bonds is 3. The van der Waals surface area contributed by atoms with E-state index < -0.39 is 5.41 Å². The SMILES string of the molecule is [CH2]c1c(C(C)(C)C)cc(C([CH2])([CH2])C2=CCC(c3ccccc3)C=C2)cc1C(C)(C)C. The molecule has 1 aliphatic rings. The van der Waals surface area contributed by atoms with Crippen LogP contribution in [0.15, 0.2) is 66.3 Å². The Bertz CT molecular complexity index is 918. The molecule has 0 amide bonds. The van der Waals surface area contributed by atoms with Gasteiger partial charge in [0.05, 0.1) is 0 Å². The van der Waals surface area contributed by atoms with Crippen LogP contribution in [0.4, 0.5) is 0 Å². The van der Waals surface area contributed by atoms with E-state index in [1.165, 1.54) is 27.8 Å². The summed E-state index contributed by atoms with van der Waals surface area (Å²) in [5.41, 5.74) is 6.89. The molecule has 157 valence electrons. The lowest BCUT2D eigenvalue weighted by atomic mass is 9.69. The minimum atomic E-state index is -0.550. The van der Waals surface area contributed by atoms with Crippen molar-refractivity contribution in [2.45, 2.75) is 70.1 Å². The second kappa shape index (κ2) is 7.88. The lowest BCUT2D eigenvalue weighted by Crippen LogP contribution is -2.26. The standard InChI is InChI=1S/C30H37/c1-21-26(28(2,3)4)19-25(20-27(21)29(5,6)7)30(8,9)24-17-15-23(16-18-24)22-13-11-10-12-14-22/h10-15,17-20,23H,1,8-9,16H2,2-7H3. The second-order valence-corrected chi connectivity index (χ2v) is 10.9. The van der Waals surface area contributed by atoms with Gasteiger partial charge < -0.3 is 0 Å². The van der Waals surface area contributed by atoms with E-state index in [1.54, 1.807) is 0 Å². The quantitative estimate of drug-likeness (QED) is 0.491. The van der Waals surface area contributed by atoms with Crippen LogP contribution in [0.3, 0.4) is 0 Å². The third-order valence-corrected chi connectivity index (χ3v) is 6.30. The second-order valence-electron chi connectivity index (χ2n) is 10.9. The van der Waals surface area contributed by atoms with Gasteiger partial charge in [0, 0.05) is 11.3 Å². The van der Waals surface area contributed by atoms with Crippen molar-refractivity contribution in [2.75, 3.05) is 0 Å². The number of hydrogen-bond acceptors (Lipinski definition) is 0. The Morgan fingerprint density at radius 3 is 1.80 bits per heavy atom. The molecule has 1 atom stereocenters. The first-order valence-electron chi connectivity index (χ1n) is 11.0. The van der Waals surface area contributed by atoms with Crippen molar-refractivity contribution in [3.05, 3.63) is 115 Å². The molecule has 0 heterocycles. The summed E-state index contributed by atoms with van der Waals surface area (Å²) in [4.78, 5) is 0. The van der Waals surface area contributed by atoms with Crippen molar-refractivity contribution in [1.82, 2.24) is 0 Å². The molecule has 3 rings (SSSR count). The average molecular weight is 398 g/mol. The summed E-state index contributed by atoms with van der Waals surface area (Å²) in [6.07, 6.45) is 7.84. The van der Waals surface area contributed by atoms with Gasteiger partial charge in [-0.15, -0.1) is 0 Å². The van der Waals surface area contributed by atoms with Crippen LogP contribution in [-0.2, 0) is 16.2 Å². The Morgan fingerprint density at radius 1 is 0.833 bits per heavy atom. The lowest BCUT2D eigenvalue weighted by Gasteiger charge is -2.35. The van der Waals surface area contributed by atoms with E-state index in [1.807, 2.05) is 0 Å². The molecule has 0 bridgehead atoms. The molecule has 1 aliphatic carbocycles. The van der Waals surface area contributed by atoms with Crippen molar-refractivity contribution >= 4 is 0 Å². The highest BCUT2D eigenvalue weighted by Gasteiger charge is 2.31. The maximum Gasteiger partial charge on any atom is 0.0200 e. The molecule has 0 aromatic heterocycles. The molecule has 0 heteroatoms. The number of hydrogen-bond donors (Lipinski definition) is 0. The van der Waals surface area contributed by atoms with Crippen molar-refractivity contribution in [3.8, 4) is 0 Å². The molecule has 0 saturated carbocycles. The Hall–Kier alpha value is -2.08. The first-order valence-corrected chi connectivity index (χ1v) is 11.0. The summed E-state index contributed by atoms with van der Waals surface area (Å²) in [5, 5.41) is 0. The fraction of sp³-hybridized carbons (Fsp3) is 0.367. The van der Waals surface area contributed by atoms with Gasteiger partial charge >= 0.3 is 0 Å². The molecule has 0 nitrogen and oxygen atoms in total. The zero-order chi connectivity index (χ0) is 22.3. The van der Waals surface area contributed by atoms with Gasteiger partial charge in [0.2, 0.25) is 0 Å². The maximum absolute atomic E-state index is 4.59. The molecule has 2 aromatic carbocycles. The number of allylic oxidation sites excluding steroid dienone is 4. The summed E-state index contributed by atoms with van der Waals surface area (Å²) in [6, 6.07) is 15.3. The zero-order valence-corrected chi connectivity index (χ0v) is 19.7. The van der Waals surface area contributed by atoms with Crippen LogP contribution < -0.4 is 0 Å². The highest BCUT2D eigenvalue weighted by Crippen LogP contribution is 2.42. The van der Waals surface area contributed by atoms with Gasteiger partial charge in [0.15, 0.2) is 0 Å². The van der Waals surface area contributed by atoms with Crippen LogP contribution in [-0.4, -0.2) is 0 Å². The molecule has 2 aromatic rings. The van der Waals surface area contributed by atoms with Crippen LogP contribution in [0.2, 0.25) is 0 Å². The fourth-order valence-electron chi connectivity index (χ4n) is 4.38. The van der Waals surface area contributed by atoms with Gasteiger partial charge in [-0.25, -0.2) is 0 Å². The Labute approximate surface area is 185 Å². The van der Waals surface area contributed by atoms with Crippen LogP contribution >= 0.6 is 0 Å². The van der Waals surface area contributed by atoms with Crippen molar-refractivity contribution in [3.63, 3.8) is 0 Å². The van der Waals surface area contributed by atoms with Crippen LogP contribution in [0.1, 0.15) is 81.7 Å². The van der Waals surface area contributed by atoms with Crippen molar-refractivity contribution in [1.29, 1.82) is 0 Å². The lowest BCUT2D eigenvalue weighted by molar-refractivity contribution is 0.560. The van der Waals surface area contributed by atoms with Crippen LogP contribution in [0, 0.1) is 20.8 Å². The number of benzene rings is 2. The molecule has 0 N–H and O–H groups in total. The molecular formula is C30H37. The monoisotopic (exact) mass is 397 g/mol. The summed E-state index contributed by atoms with van der Waals surface area (Å²) in [7, 11) is 0. The van der Waals surface area contributed by atoms with E-state index >= 15 is 0 Å². The first kappa shape index (κ1) is 22.6. The minimum absolute atomic E-state index is 0.0123. The van der Waals surface area contributed by atoms with E-state index in [9.17, 15) is 0 Å². The van der Waals surface area contributed by atoms with Gasteiger partial charge in [-0.1, -0.05) is 102 Å². The van der Waals surface area contributed by atoms with E-state index in [-0.39, 0.29) is 10.8 Å². The minimum Gasteiger partial charge on any atom is -0.0795 e. The molecular weight excluding hydrogens is 360 g/mol. The van der Waals surface area contributed by atoms with E-state index in [0.717, 1.165) is 12.0 Å². The Kier molecular flexibility index (Phi) is 5.93. The molecule has 0 spiro atoms. The molecule has 0 fully saturated rings. The highest BCUT2D eigenvalue weighted by molar-refractivity contribution is 5.54. The van der Waals surface area contributed by atoms with E-state index in [2.05, 4.69) is 123 Å². The van der Waals surface area contributed by atoms with E-state index in [4.69, 9.17) is 0 Å². The first-order chi connectivity index (χ1) is 13.8. The van der Waals surface area contributed by atoms with Gasteiger partial charge in [-0.3, -0.25) is 0 Å². The molecule has 0 saturated heterocycles. The molecule has 30 heavy (non-hydrogen) atoms. The zero-order valence-electron chi connectivity index (χ0n) is 19.7. The third kappa shape index (κ3) is 4.48. The predicted molar refractivity (Wildman–Crippen MR) is 132 cm³/mol. The van der Waals surface area contributed by atoms with Crippen LogP contribution in [0.5, 0.6) is 0 Å². The van der Waals surface area contributed by atoms with Gasteiger partial charge in [0.1, 0.15) is 0 Å². The molecule has 3 radical (unpaired) electrons. The van der Waals surface area contributed by atoms with Gasteiger partial charge in [0.25, 0.3) is 0 Å². The average Bonchev–Trinajstić information content (AvgIpc) is 2.67. The van der Waals surface area contributed by atoms with Gasteiger partial charge in [-0.05, 0) is 71.4 Å². The summed E-state index contributed by atoms with van der Waals surface area (Å²) in [6.45, 7) is 27.2. The largest absolute Gasteiger partial charge is 0.0795 e. The van der Waals surface area contributed by atoms with Crippen molar-refractivity contribution < 1.29 is 0 Å². The van der Waals surface area contributed by atoms with Crippen molar-refractivity contribution in [2.24, 2.45) is 0 Å². The van der Waals surface area contributed by atoms with E-state index in [0.29, 0.717) is 5.92 Å². The predicted octanol–water partition coefficient (Wildman–Crippen LogP) is 8.04. The Balaban J connectivity index is 2.02. The summed E-state index contributed by atoms with van der Waals surface area (Å²) >= 11 is 0. The third-order valence-electron chi connectivity index (χ3n) is 6.30. The van der Waals surface area contributed by atoms with Crippen LogP contribution in [0.25, 0.3) is 0 Å².